The molecule has 26 heavy (non-hydrogen) atoms. The van der Waals surface area contributed by atoms with Crippen LogP contribution < -0.4 is 0 Å². The topological polar surface area (TPSA) is 52.8 Å². The molecule has 0 aliphatic carbocycles. The largest absolute Gasteiger partial charge is 0.376 e. The Labute approximate surface area is 154 Å². The molecule has 1 aliphatic rings. The molecule has 3 aromatic rings. The van der Waals surface area contributed by atoms with E-state index in [1.54, 1.807) is 0 Å². The molecule has 2 aromatic heterocycles. The van der Waals surface area contributed by atoms with E-state index < -0.39 is 0 Å². The molecule has 0 unspecified atom stereocenters. The minimum atomic E-state index is 0.260. The van der Waals surface area contributed by atoms with Crippen LogP contribution in [-0.2, 0) is 11.3 Å². The van der Waals surface area contributed by atoms with Crippen LogP contribution in [0.4, 0.5) is 0 Å². The van der Waals surface area contributed by atoms with E-state index in [1.165, 1.54) is 24.0 Å². The molecule has 1 aliphatic heterocycles. The van der Waals surface area contributed by atoms with Crippen LogP contribution in [0.2, 0.25) is 0 Å². The summed E-state index contributed by atoms with van der Waals surface area (Å²) in [5.41, 5.74) is 6.53. The molecule has 0 spiro atoms. The normalized spacial score (nSPS) is 17.4. The van der Waals surface area contributed by atoms with Gasteiger partial charge in [0, 0.05) is 29.6 Å². The summed E-state index contributed by atoms with van der Waals surface area (Å²) in [5, 5.41) is 8.67. The van der Waals surface area contributed by atoms with Crippen molar-refractivity contribution in [2.75, 3.05) is 6.61 Å². The smallest absolute Gasteiger partial charge is 0.113 e. The predicted octanol–water partition coefficient (Wildman–Crippen LogP) is 4.19. The number of hydrogen-bond acceptors (Lipinski definition) is 4. The molecule has 0 saturated carbocycles. The summed E-state index contributed by atoms with van der Waals surface area (Å²) in [4.78, 5) is 4.39. The monoisotopic (exact) mass is 348 g/mol. The zero-order valence-corrected chi connectivity index (χ0v) is 15.4. The number of nitrogens with zero attached hydrogens (tertiary/aromatic N) is 4. The van der Waals surface area contributed by atoms with Crippen molar-refractivity contribution in [2.45, 2.75) is 45.8 Å². The molecule has 0 amide bonds. The molecular weight excluding hydrogens is 324 g/mol. The zero-order chi connectivity index (χ0) is 17.9. The van der Waals surface area contributed by atoms with Gasteiger partial charge in [0.05, 0.1) is 18.8 Å². The Bertz CT molecular complexity index is 879. The van der Waals surface area contributed by atoms with Crippen LogP contribution in [0.1, 0.15) is 30.5 Å². The SMILES string of the molecule is Cc1ccc(-c2ccc(-c3cn(C[C@H]4CCCCO4)nn3)c(C)c2)cn1. The van der Waals surface area contributed by atoms with Crippen molar-refractivity contribution in [3.63, 3.8) is 0 Å². The standard InChI is InChI=1S/C21H24N4O/c1-15-11-17(18-7-6-16(2)22-12-18)8-9-20(15)21-14-25(24-23-21)13-19-5-3-4-10-26-19/h6-9,11-12,14,19H,3-5,10,13H2,1-2H3/t19-/m1/s1. The number of rotatable bonds is 4. The molecule has 1 atom stereocenters. The maximum atomic E-state index is 5.80. The third kappa shape index (κ3) is 3.68. The first kappa shape index (κ1) is 16.9. The molecule has 0 radical (unpaired) electrons. The summed E-state index contributed by atoms with van der Waals surface area (Å²) >= 11 is 0. The molecule has 4 rings (SSSR count). The van der Waals surface area contributed by atoms with E-state index in [1.807, 2.05) is 30.1 Å². The van der Waals surface area contributed by atoms with Gasteiger partial charge in [-0.25, -0.2) is 4.68 Å². The summed E-state index contributed by atoms with van der Waals surface area (Å²) in [7, 11) is 0. The van der Waals surface area contributed by atoms with Crippen LogP contribution >= 0.6 is 0 Å². The Balaban J connectivity index is 1.53. The molecule has 5 heteroatoms. The highest BCUT2D eigenvalue weighted by Gasteiger charge is 2.16. The minimum Gasteiger partial charge on any atom is -0.376 e. The summed E-state index contributed by atoms with van der Waals surface area (Å²) < 4.78 is 7.70. The Morgan fingerprint density at radius 3 is 2.73 bits per heavy atom. The molecule has 134 valence electrons. The highest BCUT2D eigenvalue weighted by molar-refractivity contribution is 5.71. The fraction of sp³-hybridized carbons (Fsp3) is 0.381. The van der Waals surface area contributed by atoms with Gasteiger partial charge in [-0.15, -0.1) is 5.10 Å². The molecular formula is C21H24N4O. The van der Waals surface area contributed by atoms with Crippen LogP contribution in [-0.4, -0.2) is 32.7 Å². The van der Waals surface area contributed by atoms with Gasteiger partial charge in [-0.3, -0.25) is 4.98 Å². The average Bonchev–Trinajstić information content (AvgIpc) is 3.11. The van der Waals surface area contributed by atoms with Crippen molar-refractivity contribution in [1.82, 2.24) is 20.0 Å². The number of pyridine rings is 1. The lowest BCUT2D eigenvalue weighted by Crippen LogP contribution is -2.24. The van der Waals surface area contributed by atoms with Crippen molar-refractivity contribution in [3.05, 3.63) is 54.0 Å². The predicted molar refractivity (Wildman–Crippen MR) is 102 cm³/mol. The Morgan fingerprint density at radius 2 is 2.00 bits per heavy atom. The van der Waals surface area contributed by atoms with E-state index >= 15 is 0 Å². The van der Waals surface area contributed by atoms with E-state index in [4.69, 9.17) is 4.74 Å². The molecule has 1 aromatic carbocycles. The van der Waals surface area contributed by atoms with Crippen molar-refractivity contribution < 1.29 is 4.74 Å². The second kappa shape index (κ2) is 7.38. The van der Waals surface area contributed by atoms with E-state index in [2.05, 4.69) is 46.5 Å². The third-order valence-corrected chi connectivity index (χ3v) is 4.95. The summed E-state index contributed by atoms with van der Waals surface area (Å²) in [6.07, 6.45) is 7.71. The Hall–Kier alpha value is -2.53. The average molecular weight is 348 g/mol. The highest BCUT2D eigenvalue weighted by atomic mass is 16.5. The lowest BCUT2D eigenvalue weighted by Gasteiger charge is -2.21. The van der Waals surface area contributed by atoms with Crippen molar-refractivity contribution in [2.24, 2.45) is 0 Å². The van der Waals surface area contributed by atoms with E-state index in [9.17, 15) is 0 Å². The van der Waals surface area contributed by atoms with Crippen LogP contribution in [0.5, 0.6) is 0 Å². The van der Waals surface area contributed by atoms with Gasteiger partial charge in [-0.1, -0.05) is 29.5 Å². The molecule has 0 bridgehead atoms. The molecule has 0 N–H and O–H groups in total. The van der Waals surface area contributed by atoms with Crippen molar-refractivity contribution in [3.8, 4) is 22.4 Å². The van der Waals surface area contributed by atoms with Gasteiger partial charge < -0.3 is 4.74 Å². The second-order valence-corrected chi connectivity index (χ2v) is 7.03. The molecule has 3 heterocycles. The van der Waals surface area contributed by atoms with Crippen LogP contribution in [0, 0.1) is 13.8 Å². The molecule has 1 fully saturated rings. The summed E-state index contributed by atoms with van der Waals surface area (Å²) in [6.45, 7) is 5.75. The third-order valence-electron chi connectivity index (χ3n) is 4.95. The van der Waals surface area contributed by atoms with Gasteiger partial charge in [0.25, 0.3) is 0 Å². The maximum absolute atomic E-state index is 5.80. The minimum absolute atomic E-state index is 0.260. The van der Waals surface area contributed by atoms with Crippen LogP contribution in [0.15, 0.2) is 42.7 Å². The van der Waals surface area contributed by atoms with Crippen molar-refractivity contribution >= 4 is 0 Å². The Morgan fingerprint density at radius 1 is 1.12 bits per heavy atom. The summed E-state index contributed by atoms with van der Waals surface area (Å²) in [6, 6.07) is 10.6. The first-order valence-corrected chi connectivity index (χ1v) is 9.25. The van der Waals surface area contributed by atoms with Gasteiger partial charge in [-0.2, -0.15) is 0 Å². The van der Waals surface area contributed by atoms with E-state index in [0.29, 0.717) is 0 Å². The first-order chi connectivity index (χ1) is 12.7. The second-order valence-electron chi connectivity index (χ2n) is 7.03. The van der Waals surface area contributed by atoms with Gasteiger partial charge >= 0.3 is 0 Å². The fourth-order valence-corrected chi connectivity index (χ4v) is 3.44. The van der Waals surface area contributed by atoms with Gasteiger partial charge in [0.2, 0.25) is 0 Å². The van der Waals surface area contributed by atoms with Gasteiger partial charge in [-0.05, 0) is 50.3 Å². The first-order valence-electron chi connectivity index (χ1n) is 9.25. The van der Waals surface area contributed by atoms with E-state index in [0.717, 1.165) is 42.1 Å². The van der Waals surface area contributed by atoms with Gasteiger partial charge in [0.1, 0.15) is 5.69 Å². The van der Waals surface area contributed by atoms with Crippen LogP contribution in [0.3, 0.4) is 0 Å². The van der Waals surface area contributed by atoms with Crippen LogP contribution in [0.25, 0.3) is 22.4 Å². The van der Waals surface area contributed by atoms with Crippen molar-refractivity contribution in [1.29, 1.82) is 0 Å². The Kier molecular flexibility index (Phi) is 4.80. The lowest BCUT2D eigenvalue weighted by molar-refractivity contribution is 0.00370. The molecule has 5 nitrogen and oxygen atoms in total. The highest BCUT2D eigenvalue weighted by Crippen LogP contribution is 2.27. The quantitative estimate of drug-likeness (QED) is 0.709. The summed E-state index contributed by atoms with van der Waals surface area (Å²) in [5.74, 6) is 0. The fourth-order valence-electron chi connectivity index (χ4n) is 3.44. The number of benzene rings is 1. The maximum Gasteiger partial charge on any atom is 0.113 e. The lowest BCUT2D eigenvalue weighted by atomic mass is 9.99. The number of aromatic nitrogens is 4. The van der Waals surface area contributed by atoms with Gasteiger partial charge in [0.15, 0.2) is 0 Å². The zero-order valence-electron chi connectivity index (χ0n) is 15.4. The number of ether oxygens (including phenoxy) is 1. The number of aryl methyl sites for hydroxylation is 2. The molecule has 1 saturated heterocycles. The number of hydrogen-bond donors (Lipinski definition) is 0. The van der Waals surface area contributed by atoms with E-state index in [-0.39, 0.29) is 6.10 Å².